The van der Waals surface area contributed by atoms with Crippen LogP contribution in [0, 0.1) is 5.82 Å². The molecule has 1 aromatic heterocycles. The molecule has 0 spiro atoms. The number of methoxy groups -OCH3 is 1. The van der Waals surface area contributed by atoms with Gasteiger partial charge in [-0.25, -0.2) is 9.18 Å². The zero-order valence-corrected chi connectivity index (χ0v) is 8.53. The monoisotopic (exact) mass is 223 g/mol. The second-order valence-corrected chi connectivity index (χ2v) is 3.38. The van der Waals surface area contributed by atoms with Crippen LogP contribution in [0.1, 0.15) is 11.8 Å². The van der Waals surface area contributed by atoms with Crippen LogP contribution in [0.25, 0.3) is 10.9 Å². The number of aromatic amines is 1. The van der Waals surface area contributed by atoms with Gasteiger partial charge in [0.15, 0.2) is 6.10 Å². The molecule has 1 heterocycles. The lowest BCUT2D eigenvalue weighted by Gasteiger charge is -2.04. The Morgan fingerprint density at radius 1 is 1.50 bits per heavy atom. The van der Waals surface area contributed by atoms with Crippen molar-refractivity contribution in [1.82, 2.24) is 4.98 Å². The van der Waals surface area contributed by atoms with E-state index in [2.05, 4.69) is 9.72 Å². The summed E-state index contributed by atoms with van der Waals surface area (Å²) in [5.41, 5.74) is 0.811. The van der Waals surface area contributed by atoms with Crippen LogP contribution in [0.4, 0.5) is 4.39 Å². The molecular weight excluding hydrogens is 213 g/mol. The number of aromatic nitrogens is 1. The minimum absolute atomic E-state index is 0.285. The van der Waals surface area contributed by atoms with Crippen molar-refractivity contribution < 1.29 is 19.0 Å². The number of hydrogen-bond donors (Lipinski definition) is 2. The summed E-state index contributed by atoms with van der Waals surface area (Å²) in [4.78, 5) is 13.9. The normalized spacial score (nSPS) is 12.7. The summed E-state index contributed by atoms with van der Waals surface area (Å²) in [7, 11) is 1.19. The molecule has 2 N–H and O–H groups in total. The molecule has 5 heteroatoms. The predicted molar refractivity (Wildman–Crippen MR) is 55.2 cm³/mol. The number of nitrogens with one attached hydrogen (secondary N) is 1. The summed E-state index contributed by atoms with van der Waals surface area (Å²) in [6.07, 6.45) is -1.37. The average molecular weight is 223 g/mol. The minimum Gasteiger partial charge on any atom is -0.467 e. The third-order valence-electron chi connectivity index (χ3n) is 2.32. The van der Waals surface area contributed by atoms with Gasteiger partial charge in [-0.1, -0.05) is 0 Å². The van der Waals surface area contributed by atoms with E-state index in [-0.39, 0.29) is 11.5 Å². The number of halogens is 1. The third-order valence-corrected chi connectivity index (χ3v) is 2.32. The molecule has 0 aliphatic carbocycles. The second-order valence-electron chi connectivity index (χ2n) is 3.38. The minimum atomic E-state index is -1.37. The van der Waals surface area contributed by atoms with Crippen molar-refractivity contribution >= 4 is 16.9 Å². The first-order valence-corrected chi connectivity index (χ1v) is 4.66. The predicted octanol–water partition coefficient (Wildman–Crippen LogP) is 1.51. The Morgan fingerprint density at radius 3 is 2.94 bits per heavy atom. The summed E-state index contributed by atoms with van der Waals surface area (Å²) in [5, 5.41) is 10.3. The summed E-state index contributed by atoms with van der Waals surface area (Å²) < 4.78 is 17.3. The molecule has 0 aliphatic rings. The maximum atomic E-state index is 12.9. The molecule has 2 aromatic rings. The van der Waals surface area contributed by atoms with Gasteiger partial charge in [0, 0.05) is 5.52 Å². The van der Waals surface area contributed by atoms with Gasteiger partial charge >= 0.3 is 5.97 Å². The fraction of sp³-hybridized carbons (Fsp3) is 0.182. The summed E-state index contributed by atoms with van der Waals surface area (Å²) in [5.74, 6) is -1.14. The molecule has 0 radical (unpaired) electrons. The van der Waals surface area contributed by atoms with Gasteiger partial charge in [0.25, 0.3) is 0 Å². The highest BCUT2D eigenvalue weighted by Crippen LogP contribution is 2.21. The van der Waals surface area contributed by atoms with E-state index in [1.807, 2.05) is 0 Å². The number of hydrogen-bond acceptors (Lipinski definition) is 3. The SMILES string of the molecule is COC(=O)C(O)c1cc2ccc(F)cc2[nH]1. The number of carbonyl (C=O) groups excluding carboxylic acids is 1. The number of carbonyl (C=O) groups is 1. The molecule has 4 nitrogen and oxygen atoms in total. The smallest absolute Gasteiger partial charge is 0.340 e. The quantitative estimate of drug-likeness (QED) is 0.758. The van der Waals surface area contributed by atoms with Crippen LogP contribution in [0.15, 0.2) is 24.3 Å². The Balaban J connectivity index is 2.43. The van der Waals surface area contributed by atoms with Crippen LogP contribution >= 0.6 is 0 Å². The van der Waals surface area contributed by atoms with Gasteiger partial charge in [-0.3, -0.25) is 0 Å². The van der Waals surface area contributed by atoms with Crippen molar-refractivity contribution in [1.29, 1.82) is 0 Å². The topological polar surface area (TPSA) is 62.3 Å². The lowest BCUT2D eigenvalue weighted by Crippen LogP contribution is -2.13. The van der Waals surface area contributed by atoms with Crippen molar-refractivity contribution in [3.63, 3.8) is 0 Å². The van der Waals surface area contributed by atoms with Crippen molar-refractivity contribution in [3.8, 4) is 0 Å². The fourth-order valence-corrected chi connectivity index (χ4v) is 1.51. The zero-order chi connectivity index (χ0) is 11.7. The summed E-state index contributed by atoms with van der Waals surface area (Å²) >= 11 is 0. The molecule has 0 saturated heterocycles. The number of aliphatic hydroxyl groups excluding tert-OH is 1. The van der Waals surface area contributed by atoms with E-state index in [0.29, 0.717) is 5.52 Å². The van der Waals surface area contributed by atoms with Gasteiger partial charge in [0.05, 0.1) is 12.8 Å². The highest BCUT2D eigenvalue weighted by molar-refractivity contribution is 5.83. The number of H-pyrrole nitrogens is 1. The van der Waals surface area contributed by atoms with Gasteiger partial charge in [-0.2, -0.15) is 0 Å². The number of esters is 1. The molecule has 0 amide bonds. The lowest BCUT2D eigenvalue weighted by atomic mass is 10.2. The summed E-state index contributed by atoms with van der Waals surface area (Å²) in [6.45, 7) is 0. The molecule has 0 fully saturated rings. The lowest BCUT2D eigenvalue weighted by molar-refractivity contribution is -0.150. The van der Waals surface area contributed by atoms with Crippen molar-refractivity contribution in [2.45, 2.75) is 6.10 Å². The molecule has 84 valence electrons. The maximum Gasteiger partial charge on any atom is 0.340 e. The molecule has 0 aliphatic heterocycles. The number of fused-ring (bicyclic) bond motifs is 1. The van der Waals surface area contributed by atoms with Crippen LogP contribution < -0.4 is 0 Å². The van der Waals surface area contributed by atoms with E-state index >= 15 is 0 Å². The average Bonchev–Trinajstić information content (AvgIpc) is 2.69. The van der Waals surface area contributed by atoms with Crippen LogP contribution in [0.3, 0.4) is 0 Å². The Labute approximate surface area is 90.7 Å². The Kier molecular flexibility index (Phi) is 2.62. The van der Waals surface area contributed by atoms with E-state index in [4.69, 9.17) is 0 Å². The maximum absolute atomic E-state index is 12.9. The van der Waals surface area contributed by atoms with Crippen molar-refractivity contribution in [3.05, 3.63) is 35.8 Å². The van der Waals surface area contributed by atoms with Crippen LogP contribution in [0.2, 0.25) is 0 Å². The molecular formula is C11H10FNO3. The Bertz CT molecular complexity index is 535. The van der Waals surface area contributed by atoms with Gasteiger partial charge in [-0.05, 0) is 29.7 Å². The van der Waals surface area contributed by atoms with Gasteiger partial charge in [0.1, 0.15) is 5.82 Å². The van der Waals surface area contributed by atoms with Gasteiger partial charge in [0.2, 0.25) is 0 Å². The first kappa shape index (κ1) is 10.6. The molecule has 16 heavy (non-hydrogen) atoms. The van der Waals surface area contributed by atoms with Gasteiger partial charge < -0.3 is 14.8 Å². The highest BCUT2D eigenvalue weighted by atomic mass is 19.1. The standard InChI is InChI=1S/C11H10FNO3/c1-16-11(15)10(14)9-4-6-2-3-7(12)5-8(6)13-9/h2-5,10,13-14H,1H3. The van der Waals surface area contributed by atoms with Crippen LogP contribution in [-0.4, -0.2) is 23.2 Å². The molecule has 1 unspecified atom stereocenters. The zero-order valence-electron chi connectivity index (χ0n) is 8.53. The number of ether oxygens (including phenoxy) is 1. The van der Waals surface area contributed by atoms with Crippen LogP contribution in [0.5, 0.6) is 0 Å². The second kappa shape index (κ2) is 3.94. The number of rotatable bonds is 2. The third kappa shape index (κ3) is 1.77. The number of aliphatic hydroxyl groups is 1. The van der Waals surface area contributed by atoms with Crippen molar-refractivity contribution in [2.24, 2.45) is 0 Å². The van der Waals surface area contributed by atoms with Crippen molar-refractivity contribution in [2.75, 3.05) is 7.11 Å². The Hall–Kier alpha value is -1.88. The summed E-state index contributed by atoms with van der Waals surface area (Å²) in [6, 6.07) is 5.75. The molecule has 1 aromatic carbocycles. The van der Waals surface area contributed by atoms with E-state index in [1.165, 1.54) is 19.2 Å². The number of benzene rings is 1. The Morgan fingerprint density at radius 2 is 2.25 bits per heavy atom. The first-order chi connectivity index (χ1) is 7.61. The van der Waals surface area contributed by atoms with E-state index in [0.717, 1.165) is 5.39 Å². The van der Waals surface area contributed by atoms with E-state index in [1.54, 1.807) is 12.1 Å². The molecule has 0 saturated carbocycles. The highest BCUT2D eigenvalue weighted by Gasteiger charge is 2.19. The van der Waals surface area contributed by atoms with E-state index in [9.17, 15) is 14.3 Å². The van der Waals surface area contributed by atoms with Crippen LogP contribution in [-0.2, 0) is 9.53 Å². The fourth-order valence-electron chi connectivity index (χ4n) is 1.51. The molecule has 0 bridgehead atoms. The molecule has 2 rings (SSSR count). The molecule has 1 atom stereocenters. The largest absolute Gasteiger partial charge is 0.467 e. The van der Waals surface area contributed by atoms with Gasteiger partial charge in [-0.15, -0.1) is 0 Å². The van der Waals surface area contributed by atoms with E-state index < -0.39 is 12.1 Å². The first-order valence-electron chi connectivity index (χ1n) is 4.66.